The van der Waals surface area contributed by atoms with E-state index in [0.29, 0.717) is 47.7 Å². The van der Waals surface area contributed by atoms with E-state index in [0.717, 1.165) is 42.6 Å². The highest BCUT2D eigenvalue weighted by Crippen LogP contribution is 2.44. The van der Waals surface area contributed by atoms with Crippen molar-refractivity contribution in [2.45, 2.75) is 31.1 Å². The minimum absolute atomic E-state index is 0.00185. The fraction of sp³-hybridized carbons (Fsp3) is 0.385. The number of aromatic nitrogens is 1. The number of hydrogen-bond acceptors (Lipinski definition) is 6. The fourth-order valence-electron chi connectivity index (χ4n) is 5.53. The van der Waals surface area contributed by atoms with Crippen LogP contribution >= 0.6 is 11.6 Å². The molecule has 0 saturated carbocycles. The molecule has 3 aliphatic heterocycles. The predicted octanol–water partition coefficient (Wildman–Crippen LogP) is 3.26. The molecule has 1 aromatic heterocycles. The van der Waals surface area contributed by atoms with Crippen LogP contribution in [0.5, 0.6) is 0 Å². The lowest BCUT2D eigenvalue weighted by Gasteiger charge is -2.33. The van der Waals surface area contributed by atoms with Gasteiger partial charge >= 0.3 is 5.97 Å². The molecular weight excluding hydrogens is 454 g/mol. The molecule has 6 rings (SSSR count). The Balaban J connectivity index is 1.43. The van der Waals surface area contributed by atoms with E-state index in [9.17, 15) is 9.59 Å². The first-order valence-corrected chi connectivity index (χ1v) is 12.2. The number of hydrogen-bond donors (Lipinski definition) is 2. The van der Waals surface area contributed by atoms with Gasteiger partial charge in [-0.25, -0.2) is 4.79 Å². The number of nitrogens with one attached hydrogen (secondary N) is 2. The molecule has 0 bridgehead atoms. The summed E-state index contributed by atoms with van der Waals surface area (Å²) in [6, 6.07) is 11.1. The summed E-state index contributed by atoms with van der Waals surface area (Å²) in [7, 11) is 0. The van der Waals surface area contributed by atoms with Crippen molar-refractivity contribution in [1.82, 2.24) is 15.2 Å². The van der Waals surface area contributed by atoms with E-state index in [1.807, 2.05) is 35.0 Å². The average molecular weight is 480 g/mol. The minimum atomic E-state index is -0.638. The normalized spacial score (nSPS) is 21.6. The summed E-state index contributed by atoms with van der Waals surface area (Å²) in [6.07, 6.45) is 3.27. The van der Waals surface area contributed by atoms with Crippen LogP contribution in [0.3, 0.4) is 0 Å². The summed E-state index contributed by atoms with van der Waals surface area (Å²) in [4.78, 5) is 26.9. The third-order valence-electron chi connectivity index (χ3n) is 7.20. The second kappa shape index (κ2) is 8.50. The number of carbonyl (C=O) groups is 2. The van der Waals surface area contributed by atoms with Gasteiger partial charge in [0.25, 0.3) is 0 Å². The number of nitrogens with zero attached hydrogens (tertiary/aromatic N) is 1. The number of esters is 1. The average Bonchev–Trinajstić information content (AvgIpc) is 3.34. The molecule has 7 nitrogen and oxygen atoms in total. The molecule has 2 saturated heterocycles. The number of morpholine rings is 1. The predicted molar refractivity (Wildman–Crippen MR) is 129 cm³/mol. The second-order valence-electron chi connectivity index (χ2n) is 9.24. The molecule has 2 aromatic carbocycles. The van der Waals surface area contributed by atoms with E-state index < -0.39 is 11.6 Å². The van der Waals surface area contributed by atoms with Crippen molar-refractivity contribution in [2.24, 2.45) is 0 Å². The SMILES string of the molecule is O=C1OC2(CCNCC2)c2cccc(C(=O)c3cn(C[C@H]4CNCCO4)c4cc(Cl)ccc34)c21. The molecule has 0 unspecified atom stereocenters. The number of ketones is 1. The number of ether oxygens (including phenoxy) is 2. The Morgan fingerprint density at radius 1 is 1.12 bits per heavy atom. The van der Waals surface area contributed by atoms with Gasteiger partial charge in [-0.15, -0.1) is 0 Å². The van der Waals surface area contributed by atoms with Crippen molar-refractivity contribution in [3.63, 3.8) is 0 Å². The zero-order valence-electron chi connectivity index (χ0n) is 18.7. The van der Waals surface area contributed by atoms with Gasteiger partial charge in [0.05, 0.1) is 30.3 Å². The van der Waals surface area contributed by atoms with Crippen LogP contribution in [0.25, 0.3) is 10.9 Å². The first-order valence-electron chi connectivity index (χ1n) is 11.8. The molecule has 3 aromatic rings. The summed E-state index contributed by atoms with van der Waals surface area (Å²) >= 11 is 6.31. The first kappa shape index (κ1) is 21.8. The quantitative estimate of drug-likeness (QED) is 0.441. The first-order chi connectivity index (χ1) is 16.6. The van der Waals surface area contributed by atoms with Crippen molar-refractivity contribution < 1.29 is 19.1 Å². The molecule has 2 fully saturated rings. The number of carbonyl (C=O) groups excluding carboxylic acids is 2. The smallest absolute Gasteiger partial charge is 0.340 e. The summed E-state index contributed by atoms with van der Waals surface area (Å²) in [5.41, 5.74) is 2.41. The van der Waals surface area contributed by atoms with Crippen LogP contribution in [-0.2, 0) is 21.6 Å². The Labute approximate surface area is 202 Å². The molecule has 4 heterocycles. The fourth-order valence-corrected chi connectivity index (χ4v) is 5.69. The molecule has 1 atom stereocenters. The molecule has 0 aliphatic carbocycles. The van der Waals surface area contributed by atoms with Crippen LogP contribution in [0.15, 0.2) is 42.6 Å². The summed E-state index contributed by atoms with van der Waals surface area (Å²) in [5.74, 6) is -0.595. The van der Waals surface area contributed by atoms with Crippen LogP contribution in [0.1, 0.15) is 44.7 Å². The highest BCUT2D eigenvalue weighted by Gasteiger charge is 2.47. The molecule has 1 spiro atoms. The van der Waals surface area contributed by atoms with Gasteiger partial charge in [0.1, 0.15) is 5.60 Å². The van der Waals surface area contributed by atoms with E-state index in [1.54, 1.807) is 12.1 Å². The van der Waals surface area contributed by atoms with Crippen LogP contribution in [-0.4, -0.2) is 55.2 Å². The highest BCUT2D eigenvalue weighted by molar-refractivity contribution is 6.31. The topological polar surface area (TPSA) is 81.6 Å². The van der Waals surface area contributed by atoms with Crippen molar-refractivity contribution in [3.8, 4) is 0 Å². The number of fused-ring (bicyclic) bond motifs is 3. The summed E-state index contributed by atoms with van der Waals surface area (Å²) in [6.45, 7) is 4.40. The van der Waals surface area contributed by atoms with Gasteiger partial charge in [-0.3, -0.25) is 4.79 Å². The van der Waals surface area contributed by atoms with Crippen LogP contribution < -0.4 is 10.6 Å². The number of halogens is 1. The van der Waals surface area contributed by atoms with Gasteiger partial charge in [0.15, 0.2) is 5.78 Å². The van der Waals surface area contributed by atoms with Crippen molar-refractivity contribution in [3.05, 3.63) is 69.9 Å². The Morgan fingerprint density at radius 2 is 1.97 bits per heavy atom. The summed E-state index contributed by atoms with van der Waals surface area (Å²) in [5, 5.41) is 8.07. The molecule has 2 N–H and O–H groups in total. The lowest BCUT2D eigenvalue weighted by Crippen LogP contribution is -2.40. The van der Waals surface area contributed by atoms with Crippen molar-refractivity contribution in [2.75, 3.05) is 32.8 Å². The maximum absolute atomic E-state index is 13.9. The van der Waals surface area contributed by atoms with Gasteiger partial charge in [0.2, 0.25) is 0 Å². The number of rotatable bonds is 4. The molecule has 0 radical (unpaired) electrons. The minimum Gasteiger partial charge on any atom is -0.450 e. The zero-order chi connectivity index (χ0) is 23.3. The molecule has 3 aliphatic rings. The Hall–Kier alpha value is -2.71. The molecule has 176 valence electrons. The van der Waals surface area contributed by atoms with E-state index in [-0.39, 0.29) is 11.9 Å². The van der Waals surface area contributed by atoms with Crippen molar-refractivity contribution >= 4 is 34.3 Å². The van der Waals surface area contributed by atoms with Crippen molar-refractivity contribution in [1.29, 1.82) is 0 Å². The van der Waals surface area contributed by atoms with Crippen LogP contribution in [0, 0.1) is 0 Å². The molecule has 34 heavy (non-hydrogen) atoms. The maximum Gasteiger partial charge on any atom is 0.340 e. The third-order valence-corrected chi connectivity index (χ3v) is 7.43. The number of benzene rings is 2. The lowest BCUT2D eigenvalue weighted by molar-refractivity contribution is -0.0242. The Bertz CT molecular complexity index is 1290. The Morgan fingerprint density at radius 3 is 2.76 bits per heavy atom. The number of piperidine rings is 1. The van der Waals surface area contributed by atoms with Gasteiger partial charge in [-0.1, -0.05) is 35.9 Å². The van der Waals surface area contributed by atoms with Gasteiger partial charge in [-0.05, 0) is 25.2 Å². The molecular formula is C26H26ClN3O4. The molecule has 8 heteroatoms. The standard InChI is InChI=1S/C26H26ClN3O4/c27-16-4-5-18-20(15-30(22(18)12-16)14-17-13-29-10-11-33-17)24(31)19-2-1-3-21-23(19)25(32)34-26(21)6-8-28-9-7-26/h1-5,12,15,17,28-29H,6-11,13-14H2/t17-/m1/s1. The van der Waals surface area contributed by atoms with E-state index in [1.165, 1.54) is 0 Å². The third kappa shape index (κ3) is 3.55. The monoisotopic (exact) mass is 479 g/mol. The largest absolute Gasteiger partial charge is 0.450 e. The second-order valence-corrected chi connectivity index (χ2v) is 9.68. The van der Waals surface area contributed by atoms with Gasteiger partial charge < -0.3 is 24.7 Å². The van der Waals surface area contributed by atoms with Crippen LogP contribution in [0.2, 0.25) is 5.02 Å². The van der Waals surface area contributed by atoms with Crippen LogP contribution in [0.4, 0.5) is 0 Å². The van der Waals surface area contributed by atoms with Gasteiger partial charge in [0, 0.05) is 59.2 Å². The zero-order valence-corrected chi connectivity index (χ0v) is 19.5. The van der Waals surface area contributed by atoms with E-state index >= 15 is 0 Å². The Kier molecular flexibility index (Phi) is 5.45. The van der Waals surface area contributed by atoms with E-state index in [2.05, 4.69) is 10.6 Å². The summed E-state index contributed by atoms with van der Waals surface area (Å²) < 4.78 is 13.8. The highest BCUT2D eigenvalue weighted by atomic mass is 35.5. The van der Waals surface area contributed by atoms with Gasteiger partial charge in [-0.2, -0.15) is 0 Å². The molecule has 0 amide bonds. The van der Waals surface area contributed by atoms with E-state index in [4.69, 9.17) is 21.1 Å². The maximum atomic E-state index is 13.9. The lowest BCUT2D eigenvalue weighted by atomic mass is 9.82.